The van der Waals surface area contributed by atoms with E-state index in [4.69, 9.17) is 10.3 Å². The van der Waals surface area contributed by atoms with E-state index in [1.165, 1.54) is 6.07 Å². The molecule has 1 aromatic carbocycles. The predicted octanol–water partition coefficient (Wildman–Crippen LogP) is 0.924. The van der Waals surface area contributed by atoms with Gasteiger partial charge in [-0.1, -0.05) is 17.3 Å². The van der Waals surface area contributed by atoms with Gasteiger partial charge in [-0.05, 0) is 19.1 Å². The molecule has 21 heavy (non-hydrogen) atoms. The molecule has 1 aromatic heterocycles. The highest BCUT2D eigenvalue weighted by Crippen LogP contribution is 2.16. The Morgan fingerprint density at radius 2 is 2.05 bits per heavy atom. The van der Waals surface area contributed by atoms with E-state index in [0.29, 0.717) is 30.0 Å². The number of rotatable bonds is 5. The van der Waals surface area contributed by atoms with Gasteiger partial charge in [0.15, 0.2) is 0 Å². The van der Waals surface area contributed by atoms with E-state index < -0.39 is 5.91 Å². The molecule has 2 rings (SSSR count). The third kappa shape index (κ3) is 3.67. The molecule has 0 atom stereocenters. The van der Waals surface area contributed by atoms with Crippen molar-refractivity contribution in [2.45, 2.75) is 6.92 Å². The molecule has 0 unspecified atom stereocenters. The molecule has 0 aliphatic heterocycles. The first-order valence-corrected chi connectivity index (χ1v) is 6.44. The van der Waals surface area contributed by atoms with Crippen molar-refractivity contribution < 1.29 is 14.1 Å². The van der Waals surface area contributed by atoms with E-state index in [9.17, 15) is 9.59 Å². The van der Waals surface area contributed by atoms with Gasteiger partial charge in [-0.3, -0.25) is 9.59 Å². The van der Waals surface area contributed by atoms with Crippen LogP contribution in [0.5, 0.6) is 0 Å². The fourth-order valence-corrected chi connectivity index (χ4v) is 1.73. The molecule has 1 heterocycles. The Morgan fingerprint density at radius 1 is 1.29 bits per heavy atom. The summed E-state index contributed by atoms with van der Waals surface area (Å²) in [5, 5.41) is 8.94. The van der Waals surface area contributed by atoms with E-state index in [0.717, 1.165) is 0 Å². The third-order valence-electron chi connectivity index (χ3n) is 2.70. The summed E-state index contributed by atoms with van der Waals surface area (Å²) in [5.41, 5.74) is 6.71. The number of benzene rings is 1. The van der Waals surface area contributed by atoms with Gasteiger partial charge in [0.25, 0.3) is 11.8 Å². The molecule has 0 bridgehead atoms. The lowest BCUT2D eigenvalue weighted by molar-refractivity contribution is 0.0955. The van der Waals surface area contributed by atoms with E-state index >= 15 is 0 Å². The number of anilines is 1. The Balaban J connectivity index is 2.16. The molecular formula is C14H16N4O3. The summed E-state index contributed by atoms with van der Waals surface area (Å²) in [7, 11) is 0. The van der Waals surface area contributed by atoms with Crippen molar-refractivity contribution in [2.24, 2.45) is 5.73 Å². The average molecular weight is 288 g/mol. The van der Waals surface area contributed by atoms with Crippen molar-refractivity contribution in [1.82, 2.24) is 10.5 Å². The number of para-hydroxylation sites is 1. The normalized spacial score (nSPS) is 10.2. The van der Waals surface area contributed by atoms with Crippen LogP contribution in [0.1, 0.15) is 26.6 Å². The number of nitrogens with two attached hydrogens (primary N) is 1. The van der Waals surface area contributed by atoms with Crippen LogP contribution in [0, 0.1) is 6.92 Å². The number of nitrogens with zero attached hydrogens (tertiary/aromatic N) is 1. The Bertz CT molecular complexity index is 651. The lowest BCUT2D eigenvalue weighted by atomic mass is 10.1. The molecule has 4 N–H and O–H groups in total. The van der Waals surface area contributed by atoms with Gasteiger partial charge in [-0.2, -0.15) is 0 Å². The zero-order valence-corrected chi connectivity index (χ0v) is 11.6. The van der Waals surface area contributed by atoms with Gasteiger partial charge in [-0.15, -0.1) is 0 Å². The van der Waals surface area contributed by atoms with Crippen molar-refractivity contribution in [3.05, 3.63) is 47.3 Å². The number of amides is 2. The Labute approximate surface area is 121 Å². The maximum Gasteiger partial charge on any atom is 0.294 e. The molecule has 7 heteroatoms. The second-order valence-electron chi connectivity index (χ2n) is 4.38. The van der Waals surface area contributed by atoms with Crippen LogP contribution in [0.3, 0.4) is 0 Å². The van der Waals surface area contributed by atoms with Crippen molar-refractivity contribution in [3.8, 4) is 0 Å². The molecule has 7 nitrogen and oxygen atoms in total. The maximum atomic E-state index is 12.0. The summed E-state index contributed by atoms with van der Waals surface area (Å²) in [4.78, 5) is 24.0. The number of carbonyl (C=O) groups is 2. The molecule has 0 saturated carbocycles. The maximum absolute atomic E-state index is 12.0. The first-order valence-electron chi connectivity index (χ1n) is 6.44. The third-order valence-corrected chi connectivity index (χ3v) is 2.70. The summed E-state index contributed by atoms with van der Waals surface area (Å²) in [6.07, 6.45) is 0. The molecule has 0 aliphatic carbocycles. The van der Waals surface area contributed by atoms with Crippen LogP contribution in [-0.4, -0.2) is 30.1 Å². The second kappa shape index (κ2) is 6.67. The van der Waals surface area contributed by atoms with Crippen molar-refractivity contribution in [3.63, 3.8) is 0 Å². The monoisotopic (exact) mass is 288 g/mol. The van der Waals surface area contributed by atoms with Gasteiger partial charge < -0.3 is 20.9 Å². The molecule has 0 saturated heterocycles. The summed E-state index contributed by atoms with van der Waals surface area (Å²) in [6, 6.07) is 8.21. The van der Waals surface area contributed by atoms with Gasteiger partial charge in [-0.25, -0.2) is 0 Å². The van der Waals surface area contributed by atoms with Crippen LogP contribution in [0.15, 0.2) is 34.9 Å². The standard InChI is InChI=1S/C14H16N4O3/c1-9-8-12(21-18-9)14(20)17-11-5-3-2-4-10(11)13(19)16-7-6-15/h2-5,8H,6-7,15H2,1H3,(H,16,19)(H,17,20). The van der Waals surface area contributed by atoms with Crippen LogP contribution in [0.25, 0.3) is 0 Å². The van der Waals surface area contributed by atoms with E-state index in [1.807, 2.05) is 0 Å². The SMILES string of the molecule is Cc1cc(C(=O)Nc2ccccc2C(=O)NCCN)on1. The zero-order valence-electron chi connectivity index (χ0n) is 11.6. The van der Waals surface area contributed by atoms with Crippen LogP contribution in [0.2, 0.25) is 0 Å². The molecule has 2 aromatic rings. The minimum atomic E-state index is -0.463. The molecule has 0 radical (unpaired) electrons. The molecule has 2 amide bonds. The molecular weight excluding hydrogens is 272 g/mol. The first-order chi connectivity index (χ1) is 10.1. The van der Waals surface area contributed by atoms with E-state index in [2.05, 4.69) is 15.8 Å². The zero-order chi connectivity index (χ0) is 15.2. The lowest BCUT2D eigenvalue weighted by Gasteiger charge is -2.10. The quantitative estimate of drug-likeness (QED) is 0.758. The van der Waals surface area contributed by atoms with Gasteiger partial charge in [0.2, 0.25) is 5.76 Å². The summed E-state index contributed by atoms with van der Waals surface area (Å²) in [6.45, 7) is 2.43. The van der Waals surface area contributed by atoms with Gasteiger partial charge in [0.05, 0.1) is 16.9 Å². The summed E-state index contributed by atoms with van der Waals surface area (Å²) in [5.74, 6) is -0.676. The Kier molecular flexibility index (Phi) is 4.68. The summed E-state index contributed by atoms with van der Waals surface area (Å²) >= 11 is 0. The fourth-order valence-electron chi connectivity index (χ4n) is 1.73. The van der Waals surface area contributed by atoms with Crippen LogP contribution >= 0.6 is 0 Å². The van der Waals surface area contributed by atoms with Crippen molar-refractivity contribution in [2.75, 3.05) is 18.4 Å². The number of nitrogens with one attached hydrogen (secondary N) is 2. The van der Waals surface area contributed by atoms with Gasteiger partial charge >= 0.3 is 0 Å². The highest BCUT2D eigenvalue weighted by Gasteiger charge is 2.16. The number of carbonyl (C=O) groups excluding carboxylic acids is 2. The second-order valence-corrected chi connectivity index (χ2v) is 4.38. The topological polar surface area (TPSA) is 110 Å². The van der Waals surface area contributed by atoms with E-state index in [-0.39, 0.29) is 11.7 Å². The number of aromatic nitrogens is 1. The minimum Gasteiger partial charge on any atom is -0.351 e. The van der Waals surface area contributed by atoms with E-state index in [1.54, 1.807) is 31.2 Å². The van der Waals surface area contributed by atoms with Crippen LogP contribution in [0.4, 0.5) is 5.69 Å². The van der Waals surface area contributed by atoms with Gasteiger partial charge in [0.1, 0.15) is 0 Å². The lowest BCUT2D eigenvalue weighted by Crippen LogP contribution is -2.29. The van der Waals surface area contributed by atoms with Crippen LogP contribution < -0.4 is 16.4 Å². The largest absolute Gasteiger partial charge is 0.351 e. The Hall–Kier alpha value is -2.67. The van der Waals surface area contributed by atoms with Crippen molar-refractivity contribution in [1.29, 1.82) is 0 Å². The Morgan fingerprint density at radius 3 is 2.71 bits per heavy atom. The molecule has 0 fully saturated rings. The predicted molar refractivity (Wildman–Crippen MR) is 77.0 cm³/mol. The highest BCUT2D eigenvalue weighted by molar-refractivity contribution is 6.07. The van der Waals surface area contributed by atoms with Crippen molar-refractivity contribution >= 4 is 17.5 Å². The molecule has 110 valence electrons. The smallest absolute Gasteiger partial charge is 0.294 e. The first kappa shape index (κ1) is 14.7. The fraction of sp³-hybridized carbons (Fsp3) is 0.214. The minimum absolute atomic E-state index is 0.0877. The van der Waals surface area contributed by atoms with Crippen LogP contribution in [-0.2, 0) is 0 Å². The number of hydrogen-bond donors (Lipinski definition) is 3. The molecule has 0 spiro atoms. The molecule has 0 aliphatic rings. The summed E-state index contributed by atoms with van der Waals surface area (Å²) < 4.78 is 4.88. The number of aryl methyl sites for hydroxylation is 1. The number of hydrogen-bond acceptors (Lipinski definition) is 5. The highest BCUT2D eigenvalue weighted by atomic mass is 16.5. The average Bonchev–Trinajstić information content (AvgIpc) is 2.92. The van der Waals surface area contributed by atoms with Gasteiger partial charge in [0, 0.05) is 19.2 Å².